The Labute approximate surface area is 123 Å². The van der Waals surface area contributed by atoms with Crippen molar-refractivity contribution in [3.63, 3.8) is 0 Å². The van der Waals surface area contributed by atoms with Gasteiger partial charge in [0.05, 0.1) is 13.2 Å². The number of rotatable bonds is 2. The first kappa shape index (κ1) is 14.6. The van der Waals surface area contributed by atoms with Gasteiger partial charge in [0.1, 0.15) is 10.1 Å². The third-order valence-corrected chi connectivity index (χ3v) is 4.78. The van der Waals surface area contributed by atoms with Gasteiger partial charge in [0.25, 0.3) is 0 Å². The second-order valence-electron chi connectivity index (χ2n) is 4.73. The van der Waals surface area contributed by atoms with Gasteiger partial charge in [0.2, 0.25) is 0 Å². The average Bonchev–Trinajstić information content (AvgIpc) is 2.43. The quantitative estimate of drug-likeness (QED) is 0.849. The van der Waals surface area contributed by atoms with E-state index in [1.807, 2.05) is 26.0 Å². The van der Waals surface area contributed by atoms with Crippen LogP contribution in [0.2, 0.25) is 0 Å². The van der Waals surface area contributed by atoms with E-state index in [2.05, 4.69) is 4.90 Å². The lowest BCUT2D eigenvalue weighted by atomic mass is 10.1. The minimum absolute atomic E-state index is 0.393. The monoisotopic (exact) mass is 297 g/mol. The molecular weight excluding hydrogens is 278 g/mol. The molecule has 3 nitrogen and oxygen atoms in total. The molecule has 0 bridgehead atoms. The molecule has 5 heteroatoms. The second kappa shape index (κ2) is 6.59. The molecule has 1 heterocycles. The summed E-state index contributed by atoms with van der Waals surface area (Å²) in [4.78, 5) is 2.20. The Hall–Kier alpha value is -0.780. The van der Waals surface area contributed by atoms with E-state index in [1.54, 1.807) is 11.8 Å². The first-order valence-corrected chi connectivity index (χ1v) is 7.76. The first-order chi connectivity index (χ1) is 9.08. The molecule has 104 valence electrons. The van der Waals surface area contributed by atoms with Gasteiger partial charge in [-0.05, 0) is 30.5 Å². The Morgan fingerprint density at radius 2 is 1.89 bits per heavy atom. The molecule has 0 radical (unpaired) electrons. The predicted molar refractivity (Wildman–Crippen MR) is 83.9 cm³/mol. The third kappa shape index (κ3) is 3.84. The highest BCUT2D eigenvalue weighted by Crippen LogP contribution is 2.26. The Kier molecular flexibility index (Phi) is 5.07. The molecule has 1 aliphatic rings. The molecule has 1 saturated heterocycles. The number of morpholine rings is 1. The Morgan fingerprint density at radius 1 is 1.32 bits per heavy atom. The van der Waals surface area contributed by atoms with Gasteiger partial charge in [-0.3, -0.25) is 0 Å². The minimum atomic E-state index is 0.393. The zero-order valence-electron chi connectivity index (χ0n) is 11.3. The summed E-state index contributed by atoms with van der Waals surface area (Å²) in [7, 11) is 0. The van der Waals surface area contributed by atoms with Crippen molar-refractivity contribution in [2.45, 2.75) is 19.6 Å². The largest absolute Gasteiger partial charge is 0.507 e. The van der Waals surface area contributed by atoms with E-state index in [0.717, 1.165) is 47.5 Å². The number of phenols is 1. The van der Waals surface area contributed by atoms with Crippen LogP contribution in [0.4, 0.5) is 0 Å². The summed E-state index contributed by atoms with van der Waals surface area (Å²) in [5.41, 5.74) is 3.05. The van der Waals surface area contributed by atoms with Gasteiger partial charge >= 0.3 is 0 Å². The number of hydrogen-bond acceptors (Lipinski definition) is 4. The fourth-order valence-electron chi connectivity index (χ4n) is 2.11. The van der Waals surface area contributed by atoms with Gasteiger partial charge in [-0.25, -0.2) is 0 Å². The number of aromatic hydroxyl groups is 1. The summed E-state index contributed by atoms with van der Waals surface area (Å²) in [6.07, 6.45) is 0. The molecule has 0 atom stereocenters. The molecule has 1 N–H and O–H groups in total. The SMILES string of the molecule is Cc1cc(CSC(=S)N2CCOCC2)cc(C)c1O. The van der Waals surface area contributed by atoms with Crippen LogP contribution in [0.25, 0.3) is 0 Å². The summed E-state index contributed by atoms with van der Waals surface area (Å²) in [6, 6.07) is 4.05. The van der Waals surface area contributed by atoms with Crippen LogP contribution < -0.4 is 0 Å². The summed E-state index contributed by atoms with van der Waals surface area (Å²) >= 11 is 7.13. The molecule has 1 aliphatic heterocycles. The van der Waals surface area contributed by atoms with E-state index < -0.39 is 0 Å². The highest BCUT2D eigenvalue weighted by atomic mass is 32.2. The summed E-state index contributed by atoms with van der Waals surface area (Å²) < 4.78 is 6.26. The van der Waals surface area contributed by atoms with Crippen molar-refractivity contribution in [2.24, 2.45) is 0 Å². The van der Waals surface area contributed by atoms with Crippen LogP contribution in [0.15, 0.2) is 12.1 Å². The zero-order valence-corrected chi connectivity index (χ0v) is 12.9. The number of aryl methyl sites for hydroxylation is 2. The number of hydrogen-bond donors (Lipinski definition) is 1. The fourth-order valence-corrected chi connectivity index (χ4v) is 3.29. The zero-order chi connectivity index (χ0) is 13.8. The number of ether oxygens (including phenoxy) is 1. The lowest BCUT2D eigenvalue weighted by Gasteiger charge is -2.28. The van der Waals surface area contributed by atoms with Crippen molar-refractivity contribution in [2.75, 3.05) is 26.3 Å². The topological polar surface area (TPSA) is 32.7 Å². The number of nitrogens with zero attached hydrogens (tertiary/aromatic N) is 1. The van der Waals surface area contributed by atoms with Gasteiger partial charge < -0.3 is 14.7 Å². The maximum atomic E-state index is 9.76. The van der Waals surface area contributed by atoms with Crippen LogP contribution in [0.3, 0.4) is 0 Å². The summed E-state index contributed by atoms with van der Waals surface area (Å²) in [6.45, 7) is 7.16. The molecule has 0 spiro atoms. The molecule has 0 amide bonds. The van der Waals surface area contributed by atoms with E-state index in [-0.39, 0.29) is 0 Å². The van der Waals surface area contributed by atoms with Crippen LogP contribution in [0, 0.1) is 13.8 Å². The Balaban J connectivity index is 1.93. The number of thioether (sulfide) groups is 1. The second-order valence-corrected chi connectivity index (χ2v) is 6.34. The number of phenolic OH excluding ortho intramolecular Hbond substituents is 1. The summed E-state index contributed by atoms with van der Waals surface area (Å²) in [5, 5.41) is 9.76. The van der Waals surface area contributed by atoms with Crippen molar-refractivity contribution >= 4 is 28.3 Å². The molecule has 19 heavy (non-hydrogen) atoms. The fraction of sp³-hybridized carbons (Fsp3) is 0.500. The van der Waals surface area contributed by atoms with Crippen molar-refractivity contribution in [3.05, 3.63) is 28.8 Å². The van der Waals surface area contributed by atoms with E-state index in [0.29, 0.717) is 5.75 Å². The molecule has 1 fully saturated rings. The van der Waals surface area contributed by atoms with Crippen molar-refractivity contribution in [1.29, 1.82) is 0 Å². The molecular formula is C14H19NO2S2. The van der Waals surface area contributed by atoms with E-state index >= 15 is 0 Å². The maximum Gasteiger partial charge on any atom is 0.136 e. The number of thiocarbonyl (C=S) groups is 1. The maximum absolute atomic E-state index is 9.76. The van der Waals surface area contributed by atoms with Crippen LogP contribution in [0.1, 0.15) is 16.7 Å². The minimum Gasteiger partial charge on any atom is -0.507 e. The number of benzene rings is 1. The van der Waals surface area contributed by atoms with E-state index in [1.165, 1.54) is 5.56 Å². The Morgan fingerprint density at radius 3 is 2.47 bits per heavy atom. The third-order valence-electron chi connectivity index (χ3n) is 3.18. The van der Waals surface area contributed by atoms with E-state index in [4.69, 9.17) is 17.0 Å². The molecule has 0 aliphatic carbocycles. The highest BCUT2D eigenvalue weighted by molar-refractivity contribution is 8.22. The van der Waals surface area contributed by atoms with Gasteiger partial charge in [-0.15, -0.1) is 0 Å². The molecule has 1 aromatic carbocycles. The lowest BCUT2D eigenvalue weighted by molar-refractivity contribution is 0.0702. The summed E-state index contributed by atoms with van der Waals surface area (Å²) in [5.74, 6) is 1.24. The van der Waals surface area contributed by atoms with Crippen LogP contribution >= 0.6 is 24.0 Å². The van der Waals surface area contributed by atoms with Crippen LogP contribution in [-0.4, -0.2) is 40.6 Å². The molecule has 1 aromatic rings. The van der Waals surface area contributed by atoms with E-state index in [9.17, 15) is 5.11 Å². The average molecular weight is 297 g/mol. The Bertz CT molecular complexity index is 448. The normalized spacial score (nSPS) is 15.6. The molecule has 2 rings (SSSR count). The highest BCUT2D eigenvalue weighted by Gasteiger charge is 2.14. The standard InChI is InChI=1S/C14H19NO2S2/c1-10-7-12(8-11(2)13(10)16)9-19-14(18)15-3-5-17-6-4-15/h7-8,16H,3-6,9H2,1-2H3. The van der Waals surface area contributed by atoms with Crippen molar-refractivity contribution < 1.29 is 9.84 Å². The van der Waals surface area contributed by atoms with Crippen molar-refractivity contribution in [1.82, 2.24) is 4.90 Å². The van der Waals surface area contributed by atoms with Crippen LogP contribution in [-0.2, 0) is 10.5 Å². The van der Waals surface area contributed by atoms with Gasteiger partial charge in [0, 0.05) is 18.8 Å². The van der Waals surface area contributed by atoms with Gasteiger partial charge in [0.15, 0.2) is 0 Å². The predicted octanol–water partition coefficient (Wildman–Crippen LogP) is 2.86. The first-order valence-electron chi connectivity index (χ1n) is 6.36. The molecule has 0 aromatic heterocycles. The van der Waals surface area contributed by atoms with Gasteiger partial charge in [-0.1, -0.05) is 36.1 Å². The molecule has 0 unspecified atom stereocenters. The smallest absolute Gasteiger partial charge is 0.136 e. The lowest BCUT2D eigenvalue weighted by Crippen LogP contribution is -2.38. The van der Waals surface area contributed by atoms with Crippen molar-refractivity contribution in [3.8, 4) is 5.75 Å². The van der Waals surface area contributed by atoms with Gasteiger partial charge in [-0.2, -0.15) is 0 Å². The molecule has 0 saturated carbocycles. The van der Waals surface area contributed by atoms with Crippen LogP contribution in [0.5, 0.6) is 5.75 Å².